The molecule has 2 aliphatic rings. The van der Waals surface area contributed by atoms with Gasteiger partial charge in [0.1, 0.15) is 6.04 Å². The van der Waals surface area contributed by atoms with Crippen molar-refractivity contribution in [3.05, 3.63) is 81.5 Å². The maximum absolute atomic E-state index is 13.2. The summed E-state index contributed by atoms with van der Waals surface area (Å²) in [5.41, 5.74) is 11.0. The summed E-state index contributed by atoms with van der Waals surface area (Å²) in [7, 11) is 1.68. The number of carbonyl (C=O) groups excluding carboxylic acids is 1. The van der Waals surface area contributed by atoms with Crippen molar-refractivity contribution >= 4 is 23.2 Å². The van der Waals surface area contributed by atoms with Gasteiger partial charge in [-0.1, -0.05) is 36.4 Å². The molecule has 0 bridgehead atoms. The Balaban J connectivity index is 1.53. The van der Waals surface area contributed by atoms with Gasteiger partial charge in [-0.05, 0) is 64.6 Å². The molecule has 154 valence electrons. The van der Waals surface area contributed by atoms with Crippen LogP contribution in [0.15, 0.2) is 65.0 Å². The molecule has 6 heteroatoms. The highest BCUT2D eigenvalue weighted by atomic mass is 32.1. The van der Waals surface area contributed by atoms with Crippen LogP contribution in [0.5, 0.6) is 0 Å². The number of likely N-dealkylation sites (N-methyl/N-ethyl adjacent to an activating group) is 1. The highest BCUT2D eigenvalue weighted by Gasteiger charge is 2.39. The Labute approximate surface area is 185 Å². The molecule has 0 radical (unpaired) electrons. The fourth-order valence-corrected chi connectivity index (χ4v) is 5.12. The van der Waals surface area contributed by atoms with E-state index in [4.69, 9.17) is 10.7 Å². The van der Waals surface area contributed by atoms with E-state index in [1.165, 1.54) is 23.3 Å². The van der Waals surface area contributed by atoms with Crippen molar-refractivity contribution in [2.45, 2.75) is 30.7 Å². The molecule has 2 heterocycles. The van der Waals surface area contributed by atoms with Gasteiger partial charge in [0.05, 0.1) is 17.6 Å². The van der Waals surface area contributed by atoms with Crippen LogP contribution in [0.4, 0.5) is 0 Å². The van der Waals surface area contributed by atoms with Gasteiger partial charge in [0, 0.05) is 11.9 Å². The Morgan fingerprint density at radius 3 is 2.55 bits per heavy atom. The largest absolute Gasteiger partial charge is 0.369 e. The van der Waals surface area contributed by atoms with Gasteiger partial charge < -0.3 is 5.73 Å². The lowest BCUT2D eigenvalue weighted by atomic mass is 9.87. The molecule has 3 aromatic rings. The standard InChI is InChI=1S/C25H22N4OS/c1-29-24(30)22(18-9-7-17(8-10-18)16-5-6-16)23(28-25(29)27)21-12-20(14-31-21)19-4-2-3-15(11-19)13-26/h2-4,7-12,14,16,22-23H,5-6H2,1H3,(H2,27,28)/t22-,23+/m0/s1. The van der Waals surface area contributed by atoms with Crippen LogP contribution in [0, 0.1) is 11.3 Å². The van der Waals surface area contributed by atoms with Crippen molar-refractivity contribution < 1.29 is 4.79 Å². The van der Waals surface area contributed by atoms with Gasteiger partial charge >= 0.3 is 0 Å². The summed E-state index contributed by atoms with van der Waals surface area (Å²) < 4.78 is 0. The van der Waals surface area contributed by atoms with E-state index in [2.05, 4.69) is 36.4 Å². The molecule has 1 amide bonds. The molecule has 31 heavy (non-hydrogen) atoms. The first kappa shape index (κ1) is 19.5. The molecule has 0 unspecified atom stereocenters. The molecule has 0 saturated heterocycles. The lowest BCUT2D eigenvalue weighted by Gasteiger charge is -2.32. The summed E-state index contributed by atoms with van der Waals surface area (Å²) in [4.78, 5) is 20.4. The number of benzene rings is 2. The SMILES string of the molecule is CN1C(=O)[C@@H](c2ccc(C3CC3)cc2)[C@@H](c2cc(-c3cccc(C#N)c3)cs2)N=C1N. The van der Waals surface area contributed by atoms with Gasteiger partial charge in [-0.2, -0.15) is 5.26 Å². The van der Waals surface area contributed by atoms with E-state index in [9.17, 15) is 10.1 Å². The van der Waals surface area contributed by atoms with E-state index in [1.54, 1.807) is 24.5 Å². The molecule has 1 fully saturated rings. The smallest absolute Gasteiger partial charge is 0.239 e. The van der Waals surface area contributed by atoms with Gasteiger partial charge in [0.15, 0.2) is 5.96 Å². The van der Waals surface area contributed by atoms with Gasteiger partial charge in [-0.3, -0.25) is 9.69 Å². The van der Waals surface area contributed by atoms with Crippen molar-refractivity contribution in [1.82, 2.24) is 4.90 Å². The minimum Gasteiger partial charge on any atom is -0.369 e. The molecule has 2 atom stereocenters. The summed E-state index contributed by atoms with van der Waals surface area (Å²) in [5.74, 6) is 0.454. The number of nitriles is 1. The summed E-state index contributed by atoms with van der Waals surface area (Å²) >= 11 is 1.57. The van der Waals surface area contributed by atoms with Gasteiger partial charge in [-0.15, -0.1) is 11.3 Å². The summed E-state index contributed by atoms with van der Waals surface area (Å²) in [6, 6.07) is 19.8. The van der Waals surface area contributed by atoms with Crippen LogP contribution < -0.4 is 5.73 Å². The molecule has 1 saturated carbocycles. The Kier molecular flexibility index (Phi) is 4.84. The first-order valence-corrected chi connectivity index (χ1v) is 11.2. The Morgan fingerprint density at radius 1 is 1.10 bits per heavy atom. The molecular weight excluding hydrogens is 404 g/mol. The number of hydrogen-bond acceptors (Lipinski definition) is 5. The Morgan fingerprint density at radius 2 is 1.84 bits per heavy atom. The number of hydrogen-bond donors (Lipinski definition) is 1. The molecule has 1 aliphatic heterocycles. The molecular formula is C25H22N4OS. The van der Waals surface area contributed by atoms with Gasteiger partial charge in [0.25, 0.3) is 0 Å². The number of aliphatic imine (C=N–C) groups is 1. The van der Waals surface area contributed by atoms with E-state index in [1.807, 2.05) is 23.6 Å². The van der Waals surface area contributed by atoms with Crippen LogP contribution in [-0.2, 0) is 4.79 Å². The number of carbonyl (C=O) groups is 1. The lowest BCUT2D eigenvalue weighted by Crippen LogP contribution is -2.46. The van der Waals surface area contributed by atoms with Crippen molar-refractivity contribution in [3.8, 4) is 17.2 Å². The number of guanidine groups is 1. The second-order valence-corrected chi connectivity index (χ2v) is 9.12. The molecule has 5 rings (SSSR count). The minimum atomic E-state index is -0.414. The third-order valence-corrected chi connectivity index (χ3v) is 7.11. The van der Waals surface area contributed by atoms with E-state index in [0.717, 1.165) is 21.6 Å². The first-order chi connectivity index (χ1) is 15.0. The molecule has 1 aromatic heterocycles. The Bertz CT molecular complexity index is 1220. The van der Waals surface area contributed by atoms with Gasteiger partial charge in [-0.25, -0.2) is 4.99 Å². The average Bonchev–Trinajstić information content (AvgIpc) is 3.53. The number of amides is 1. The summed E-state index contributed by atoms with van der Waals surface area (Å²) in [6.07, 6.45) is 2.50. The third-order valence-electron chi connectivity index (χ3n) is 6.11. The van der Waals surface area contributed by atoms with E-state index >= 15 is 0 Å². The third kappa shape index (κ3) is 3.62. The van der Waals surface area contributed by atoms with Crippen LogP contribution in [0.1, 0.15) is 52.3 Å². The zero-order valence-corrected chi connectivity index (χ0v) is 18.0. The van der Waals surface area contributed by atoms with E-state index in [-0.39, 0.29) is 17.9 Å². The van der Waals surface area contributed by atoms with Gasteiger partial charge in [0.2, 0.25) is 5.91 Å². The first-order valence-electron chi connectivity index (χ1n) is 10.3. The van der Waals surface area contributed by atoms with Crippen LogP contribution >= 0.6 is 11.3 Å². The fourth-order valence-electron chi connectivity index (χ4n) is 4.13. The lowest BCUT2D eigenvalue weighted by molar-refractivity contribution is -0.129. The quantitative estimate of drug-likeness (QED) is 0.652. The summed E-state index contributed by atoms with van der Waals surface area (Å²) in [5, 5.41) is 11.2. The number of thiophene rings is 1. The van der Waals surface area contributed by atoms with Crippen LogP contribution in [-0.4, -0.2) is 23.8 Å². The highest BCUT2D eigenvalue weighted by molar-refractivity contribution is 7.10. The van der Waals surface area contributed by atoms with Crippen LogP contribution in [0.3, 0.4) is 0 Å². The van der Waals surface area contributed by atoms with Crippen molar-refractivity contribution in [2.24, 2.45) is 10.7 Å². The predicted octanol–water partition coefficient (Wildman–Crippen LogP) is 4.78. The predicted molar refractivity (Wildman–Crippen MR) is 123 cm³/mol. The van der Waals surface area contributed by atoms with Crippen molar-refractivity contribution in [1.29, 1.82) is 5.26 Å². The summed E-state index contributed by atoms with van der Waals surface area (Å²) in [6.45, 7) is 0. The maximum atomic E-state index is 13.2. The molecule has 2 N–H and O–H groups in total. The number of rotatable bonds is 4. The zero-order valence-electron chi connectivity index (χ0n) is 17.2. The zero-order chi connectivity index (χ0) is 21.5. The molecule has 0 spiro atoms. The second-order valence-electron chi connectivity index (χ2n) is 8.18. The Hall–Kier alpha value is -3.43. The van der Waals surface area contributed by atoms with E-state index < -0.39 is 5.92 Å². The normalized spacial score (nSPS) is 21.0. The van der Waals surface area contributed by atoms with Crippen molar-refractivity contribution in [2.75, 3.05) is 7.05 Å². The number of nitrogens with zero attached hydrogens (tertiary/aromatic N) is 3. The minimum absolute atomic E-state index is 0.0434. The highest BCUT2D eigenvalue weighted by Crippen LogP contribution is 2.44. The number of nitrogens with two attached hydrogens (primary N) is 1. The molecule has 2 aromatic carbocycles. The van der Waals surface area contributed by atoms with Crippen LogP contribution in [0.25, 0.3) is 11.1 Å². The second kappa shape index (κ2) is 7.68. The monoisotopic (exact) mass is 426 g/mol. The van der Waals surface area contributed by atoms with E-state index in [0.29, 0.717) is 11.5 Å². The fraction of sp³-hybridized carbons (Fsp3) is 0.240. The van der Waals surface area contributed by atoms with Crippen molar-refractivity contribution in [3.63, 3.8) is 0 Å². The maximum Gasteiger partial charge on any atom is 0.239 e. The van der Waals surface area contributed by atoms with Crippen LogP contribution in [0.2, 0.25) is 0 Å². The molecule has 1 aliphatic carbocycles. The average molecular weight is 427 g/mol. The molecule has 5 nitrogen and oxygen atoms in total. The topological polar surface area (TPSA) is 82.5 Å².